The van der Waals surface area contributed by atoms with Gasteiger partial charge >= 0.3 is 5.69 Å². The number of ether oxygens (including phenoxy) is 1. The molecule has 18 heavy (non-hydrogen) atoms. The van der Waals surface area contributed by atoms with Crippen LogP contribution in [0.25, 0.3) is 0 Å². The van der Waals surface area contributed by atoms with E-state index in [4.69, 9.17) is 4.74 Å². The first kappa shape index (κ1) is 12.6. The molecule has 1 saturated carbocycles. The summed E-state index contributed by atoms with van der Waals surface area (Å²) in [7, 11) is 1.49. The molecule has 0 amide bonds. The topological polar surface area (TPSA) is 77.3 Å². The number of pyridine rings is 1. The summed E-state index contributed by atoms with van der Waals surface area (Å²) in [6.45, 7) is 2.87. The zero-order chi connectivity index (χ0) is 13.2. The molecule has 6 nitrogen and oxygen atoms in total. The molecular weight excluding hydrogens is 234 g/mol. The Morgan fingerprint density at radius 2 is 2.28 bits per heavy atom. The number of methoxy groups -OCH3 is 1. The summed E-state index contributed by atoms with van der Waals surface area (Å²) < 4.78 is 4.99. The van der Waals surface area contributed by atoms with Crippen LogP contribution in [0.15, 0.2) is 12.1 Å². The summed E-state index contributed by atoms with van der Waals surface area (Å²) in [4.78, 5) is 14.6. The van der Waals surface area contributed by atoms with E-state index >= 15 is 0 Å². The number of rotatable bonds is 6. The highest BCUT2D eigenvalue weighted by atomic mass is 16.6. The van der Waals surface area contributed by atoms with Crippen molar-refractivity contribution in [2.24, 2.45) is 5.41 Å². The molecule has 1 aliphatic rings. The van der Waals surface area contributed by atoms with Gasteiger partial charge in [0.1, 0.15) is 0 Å². The van der Waals surface area contributed by atoms with Gasteiger partial charge in [-0.05, 0) is 24.7 Å². The van der Waals surface area contributed by atoms with Crippen molar-refractivity contribution < 1.29 is 9.66 Å². The van der Waals surface area contributed by atoms with Gasteiger partial charge in [-0.25, -0.2) is 0 Å². The van der Waals surface area contributed by atoms with Crippen LogP contribution in [0.3, 0.4) is 0 Å². The van der Waals surface area contributed by atoms with Gasteiger partial charge in [0.25, 0.3) is 0 Å². The van der Waals surface area contributed by atoms with Crippen LogP contribution in [-0.2, 0) is 0 Å². The first-order valence-corrected chi connectivity index (χ1v) is 6.03. The lowest BCUT2D eigenvalue weighted by Crippen LogP contribution is -2.16. The molecule has 2 rings (SSSR count). The van der Waals surface area contributed by atoms with Gasteiger partial charge in [-0.15, -0.1) is 0 Å². The monoisotopic (exact) mass is 251 g/mol. The summed E-state index contributed by atoms with van der Waals surface area (Å²) in [6.07, 6.45) is 3.43. The molecule has 1 fully saturated rings. The van der Waals surface area contributed by atoms with Crippen molar-refractivity contribution in [3.8, 4) is 5.88 Å². The first-order chi connectivity index (χ1) is 8.60. The third kappa shape index (κ3) is 2.52. The van der Waals surface area contributed by atoms with Gasteiger partial charge in [0.2, 0.25) is 11.7 Å². The molecule has 0 aliphatic heterocycles. The van der Waals surface area contributed by atoms with Crippen molar-refractivity contribution in [3.63, 3.8) is 0 Å². The largest absolute Gasteiger partial charge is 0.481 e. The number of aromatic nitrogens is 1. The molecule has 1 aromatic heterocycles. The normalized spacial score (nSPS) is 16.1. The van der Waals surface area contributed by atoms with E-state index in [1.54, 1.807) is 0 Å². The van der Waals surface area contributed by atoms with Crippen molar-refractivity contribution >= 4 is 11.5 Å². The second-order valence-electron chi connectivity index (χ2n) is 4.69. The summed E-state index contributed by atoms with van der Waals surface area (Å²) in [5.41, 5.74) is 0.293. The van der Waals surface area contributed by atoms with Gasteiger partial charge in [0, 0.05) is 18.7 Å². The fraction of sp³-hybridized carbons (Fsp3) is 0.583. The SMILES string of the molecule is CCC1(CNc2nc(OC)ccc2[N+](=O)[O-])CC1. The summed E-state index contributed by atoms with van der Waals surface area (Å²) in [5.74, 6) is 0.670. The van der Waals surface area contributed by atoms with Crippen LogP contribution < -0.4 is 10.1 Å². The fourth-order valence-corrected chi connectivity index (χ4v) is 1.93. The summed E-state index contributed by atoms with van der Waals surface area (Å²) in [6, 6.07) is 2.91. The van der Waals surface area contributed by atoms with Crippen LogP contribution >= 0.6 is 0 Å². The molecule has 6 heteroatoms. The highest BCUT2D eigenvalue weighted by Gasteiger charge is 2.40. The van der Waals surface area contributed by atoms with E-state index in [0.29, 0.717) is 17.1 Å². The number of hydrogen-bond acceptors (Lipinski definition) is 5. The Labute approximate surface area is 106 Å². The van der Waals surface area contributed by atoms with E-state index < -0.39 is 4.92 Å². The average Bonchev–Trinajstić information content (AvgIpc) is 3.16. The summed E-state index contributed by atoms with van der Waals surface area (Å²) in [5, 5.41) is 14.0. The zero-order valence-corrected chi connectivity index (χ0v) is 10.6. The fourth-order valence-electron chi connectivity index (χ4n) is 1.93. The van der Waals surface area contributed by atoms with E-state index in [1.165, 1.54) is 32.1 Å². The molecule has 1 aromatic rings. The van der Waals surface area contributed by atoms with E-state index in [2.05, 4.69) is 17.2 Å². The number of nitro groups is 1. The van der Waals surface area contributed by atoms with Crippen LogP contribution in [0.4, 0.5) is 11.5 Å². The van der Waals surface area contributed by atoms with E-state index in [9.17, 15) is 10.1 Å². The molecule has 0 unspecified atom stereocenters. The second-order valence-corrected chi connectivity index (χ2v) is 4.69. The average molecular weight is 251 g/mol. The van der Waals surface area contributed by atoms with Gasteiger partial charge in [0.15, 0.2) is 0 Å². The predicted octanol–water partition coefficient (Wildman–Crippen LogP) is 2.60. The predicted molar refractivity (Wildman–Crippen MR) is 67.9 cm³/mol. The Morgan fingerprint density at radius 1 is 1.56 bits per heavy atom. The maximum Gasteiger partial charge on any atom is 0.311 e. The quantitative estimate of drug-likeness (QED) is 0.621. The molecule has 0 atom stereocenters. The Hall–Kier alpha value is -1.85. The maximum atomic E-state index is 10.9. The first-order valence-electron chi connectivity index (χ1n) is 6.03. The number of hydrogen-bond donors (Lipinski definition) is 1. The number of anilines is 1. The minimum Gasteiger partial charge on any atom is -0.481 e. The maximum absolute atomic E-state index is 10.9. The smallest absolute Gasteiger partial charge is 0.311 e. The Bertz CT molecular complexity index is 458. The Kier molecular flexibility index (Phi) is 3.36. The third-order valence-corrected chi connectivity index (χ3v) is 3.59. The molecule has 1 heterocycles. The highest BCUT2D eigenvalue weighted by Crippen LogP contribution is 2.48. The van der Waals surface area contributed by atoms with Crippen LogP contribution in [0, 0.1) is 15.5 Å². The molecule has 0 aromatic carbocycles. The molecule has 0 bridgehead atoms. The molecule has 0 spiro atoms. The molecule has 0 saturated heterocycles. The van der Waals surface area contributed by atoms with Gasteiger partial charge < -0.3 is 10.1 Å². The second kappa shape index (κ2) is 4.80. The zero-order valence-electron chi connectivity index (χ0n) is 10.6. The number of nitrogens with one attached hydrogen (secondary N) is 1. The lowest BCUT2D eigenvalue weighted by atomic mass is 10.0. The minimum absolute atomic E-state index is 0.0114. The van der Waals surface area contributed by atoms with Crippen LogP contribution in [0.5, 0.6) is 5.88 Å². The Balaban J connectivity index is 2.16. The van der Waals surface area contributed by atoms with Crippen molar-refractivity contribution in [2.45, 2.75) is 26.2 Å². The van der Waals surface area contributed by atoms with Gasteiger partial charge in [-0.1, -0.05) is 6.92 Å². The Morgan fingerprint density at radius 3 is 2.78 bits per heavy atom. The lowest BCUT2D eigenvalue weighted by molar-refractivity contribution is -0.384. The molecular formula is C12H17N3O3. The molecule has 0 radical (unpaired) electrons. The van der Waals surface area contributed by atoms with E-state index in [0.717, 1.165) is 13.0 Å². The third-order valence-electron chi connectivity index (χ3n) is 3.59. The van der Waals surface area contributed by atoms with Crippen molar-refractivity contribution in [1.29, 1.82) is 0 Å². The summed E-state index contributed by atoms with van der Waals surface area (Å²) >= 11 is 0. The standard InChI is InChI=1S/C12H17N3O3/c1-3-12(6-7-12)8-13-11-9(15(16)17)4-5-10(14-11)18-2/h4-5H,3,6-8H2,1-2H3,(H,13,14). The van der Waals surface area contributed by atoms with Gasteiger partial charge in [-0.3, -0.25) is 10.1 Å². The van der Waals surface area contributed by atoms with Gasteiger partial charge in [-0.2, -0.15) is 4.98 Å². The minimum atomic E-state index is -0.430. The van der Waals surface area contributed by atoms with Crippen molar-refractivity contribution in [3.05, 3.63) is 22.2 Å². The van der Waals surface area contributed by atoms with Crippen LogP contribution in [-0.4, -0.2) is 23.6 Å². The highest BCUT2D eigenvalue weighted by molar-refractivity contribution is 5.57. The van der Waals surface area contributed by atoms with E-state index in [-0.39, 0.29) is 5.69 Å². The molecule has 98 valence electrons. The van der Waals surface area contributed by atoms with Crippen LogP contribution in [0.2, 0.25) is 0 Å². The van der Waals surface area contributed by atoms with Crippen molar-refractivity contribution in [1.82, 2.24) is 4.98 Å². The van der Waals surface area contributed by atoms with Crippen LogP contribution in [0.1, 0.15) is 26.2 Å². The lowest BCUT2D eigenvalue weighted by Gasteiger charge is -2.14. The van der Waals surface area contributed by atoms with E-state index in [1.807, 2.05) is 0 Å². The van der Waals surface area contributed by atoms with Gasteiger partial charge in [0.05, 0.1) is 12.0 Å². The van der Waals surface area contributed by atoms with Crippen molar-refractivity contribution in [2.75, 3.05) is 19.0 Å². The number of nitrogens with zero attached hydrogens (tertiary/aromatic N) is 2. The molecule has 1 aliphatic carbocycles. The molecule has 1 N–H and O–H groups in total.